The second kappa shape index (κ2) is 7.53. The minimum atomic E-state index is -1.04. The molecular formula is C15H21NO4. The number of likely N-dealkylation sites (N-methyl/N-ethyl adjacent to an activating group) is 1. The number of hydrogen-bond donors (Lipinski definition) is 1. The molecule has 5 heteroatoms. The third-order valence-corrected chi connectivity index (χ3v) is 3.21. The van der Waals surface area contributed by atoms with Gasteiger partial charge in [0.1, 0.15) is 12.3 Å². The first-order chi connectivity index (χ1) is 9.45. The van der Waals surface area contributed by atoms with Gasteiger partial charge in [-0.1, -0.05) is 32.0 Å². The molecule has 1 aromatic carbocycles. The molecule has 0 bridgehead atoms. The lowest BCUT2D eigenvalue weighted by molar-refractivity contribution is -0.144. The highest BCUT2D eigenvalue weighted by molar-refractivity contribution is 5.82. The lowest BCUT2D eigenvalue weighted by Crippen LogP contribution is -2.35. The summed E-state index contributed by atoms with van der Waals surface area (Å²) >= 11 is 0. The summed E-state index contributed by atoms with van der Waals surface area (Å²) in [7, 11) is 1.44. The molecule has 1 rings (SSSR count). The van der Waals surface area contributed by atoms with Crippen LogP contribution in [0.25, 0.3) is 0 Å². The Bertz CT molecular complexity index is 473. The molecule has 1 aromatic rings. The maximum Gasteiger partial charge on any atom is 0.323 e. The molecule has 1 amide bonds. The predicted octanol–water partition coefficient (Wildman–Crippen LogP) is 2.12. The molecule has 0 aliphatic carbocycles. The van der Waals surface area contributed by atoms with Crippen LogP contribution in [0.3, 0.4) is 0 Å². The molecule has 5 nitrogen and oxygen atoms in total. The Labute approximate surface area is 119 Å². The monoisotopic (exact) mass is 279 g/mol. The van der Waals surface area contributed by atoms with Gasteiger partial charge in [0.2, 0.25) is 0 Å². The number of para-hydroxylation sites is 1. The van der Waals surface area contributed by atoms with E-state index in [1.165, 1.54) is 7.05 Å². The third kappa shape index (κ3) is 4.57. The Hall–Kier alpha value is -2.04. The van der Waals surface area contributed by atoms with Gasteiger partial charge in [0.05, 0.1) is 0 Å². The van der Waals surface area contributed by atoms with Gasteiger partial charge in [0.25, 0.3) is 5.91 Å². The summed E-state index contributed by atoms with van der Waals surface area (Å²) in [5.74, 6) is -0.371. The van der Waals surface area contributed by atoms with E-state index in [2.05, 4.69) is 13.8 Å². The Morgan fingerprint density at radius 2 is 2.00 bits per heavy atom. The van der Waals surface area contributed by atoms with Crippen LogP contribution in [-0.4, -0.2) is 42.1 Å². The Morgan fingerprint density at radius 1 is 1.35 bits per heavy atom. The highest BCUT2D eigenvalue weighted by Crippen LogP contribution is 2.28. The number of hydrogen-bond acceptors (Lipinski definition) is 3. The summed E-state index contributed by atoms with van der Waals surface area (Å²) < 4.78 is 5.54. The molecule has 0 radical (unpaired) electrons. The SMILES string of the molecule is CCC(C)c1ccccc1OCC(=O)N(C)CC(=O)O. The van der Waals surface area contributed by atoms with Crippen molar-refractivity contribution >= 4 is 11.9 Å². The number of amides is 1. The molecule has 1 N–H and O–H groups in total. The van der Waals surface area contributed by atoms with Crippen molar-refractivity contribution in [3.63, 3.8) is 0 Å². The molecular weight excluding hydrogens is 258 g/mol. The minimum absolute atomic E-state index is 0.156. The maximum absolute atomic E-state index is 11.7. The first-order valence-corrected chi connectivity index (χ1v) is 6.63. The third-order valence-electron chi connectivity index (χ3n) is 3.21. The summed E-state index contributed by atoms with van der Waals surface area (Å²) in [6.07, 6.45) is 0.979. The highest BCUT2D eigenvalue weighted by Gasteiger charge is 2.15. The Kier molecular flexibility index (Phi) is 6.03. The molecule has 1 unspecified atom stereocenters. The highest BCUT2D eigenvalue weighted by atomic mass is 16.5. The topological polar surface area (TPSA) is 66.8 Å². The van der Waals surface area contributed by atoms with Gasteiger partial charge in [-0.2, -0.15) is 0 Å². The molecule has 110 valence electrons. The van der Waals surface area contributed by atoms with Crippen LogP contribution in [0, 0.1) is 0 Å². The summed E-state index contributed by atoms with van der Waals surface area (Å²) in [6.45, 7) is 3.71. The number of ether oxygens (including phenoxy) is 1. The van der Waals surface area contributed by atoms with Crippen LogP contribution in [0.5, 0.6) is 5.75 Å². The average molecular weight is 279 g/mol. The number of carbonyl (C=O) groups is 2. The summed E-state index contributed by atoms with van der Waals surface area (Å²) in [5.41, 5.74) is 1.06. The van der Waals surface area contributed by atoms with E-state index in [0.29, 0.717) is 11.7 Å². The molecule has 0 aliphatic rings. The zero-order chi connectivity index (χ0) is 15.1. The van der Waals surface area contributed by atoms with E-state index in [0.717, 1.165) is 16.9 Å². The lowest BCUT2D eigenvalue weighted by Gasteiger charge is -2.18. The summed E-state index contributed by atoms with van der Waals surface area (Å²) in [4.78, 5) is 23.4. The van der Waals surface area contributed by atoms with Crippen LogP contribution in [0.4, 0.5) is 0 Å². The Balaban J connectivity index is 2.66. The van der Waals surface area contributed by atoms with Crippen molar-refractivity contribution in [2.24, 2.45) is 0 Å². The van der Waals surface area contributed by atoms with Crippen molar-refractivity contribution in [3.05, 3.63) is 29.8 Å². The van der Waals surface area contributed by atoms with Gasteiger partial charge in [-0.05, 0) is 24.0 Å². The van der Waals surface area contributed by atoms with Crippen molar-refractivity contribution in [3.8, 4) is 5.75 Å². The van der Waals surface area contributed by atoms with Crippen molar-refractivity contribution in [2.75, 3.05) is 20.2 Å². The fraction of sp³-hybridized carbons (Fsp3) is 0.467. The van der Waals surface area contributed by atoms with Crippen LogP contribution in [0.2, 0.25) is 0 Å². The fourth-order valence-corrected chi connectivity index (χ4v) is 1.78. The molecule has 0 fully saturated rings. The van der Waals surface area contributed by atoms with E-state index in [9.17, 15) is 9.59 Å². The quantitative estimate of drug-likeness (QED) is 0.830. The second-order valence-corrected chi connectivity index (χ2v) is 4.78. The van der Waals surface area contributed by atoms with Crippen LogP contribution < -0.4 is 4.74 Å². The van der Waals surface area contributed by atoms with Gasteiger partial charge in [0, 0.05) is 7.05 Å². The van der Waals surface area contributed by atoms with Crippen LogP contribution in [0.1, 0.15) is 31.7 Å². The van der Waals surface area contributed by atoms with E-state index in [1.54, 1.807) is 0 Å². The van der Waals surface area contributed by atoms with E-state index in [-0.39, 0.29) is 19.1 Å². The molecule has 20 heavy (non-hydrogen) atoms. The molecule has 0 saturated carbocycles. The van der Waals surface area contributed by atoms with Gasteiger partial charge in [0.15, 0.2) is 6.61 Å². The number of carbonyl (C=O) groups excluding carboxylic acids is 1. The van der Waals surface area contributed by atoms with E-state index >= 15 is 0 Å². The first kappa shape index (κ1) is 16.0. The molecule has 0 aromatic heterocycles. The van der Waals surface area contributed by atoms with Gasteiger partial charge < -0.3 is 14.7 Å². The van der Waals surface area contributed by atoms with Gasteiger partial charge in [-0.15, -0.1) is 0 Å². The fourth-order valence-electron chi connectivity index (χ4n) is 1.78. The smallest absolute Gasteiger partial charge is 0.323 e. The zero-order valence-electron chi connectivity index (χ0n) is 12.1. The average Bonchev–Trinajstić information content (AvgIpc) is 2.43. The molecule has 1 atom stereocenters. The number of nitrogens with zero attached hydrogens (tertiary/aromatic N) is 1. The zero-order valence-corrected chi connectivity index (χ0v) is 12.1. The van der Waals surface area contributed by atoms with Crippen molar-refractivity contribution in [1.29, 1.82) is 0 Å². The largest absolute Gasteiger partial charge is 0.483 e. The number of carboxylic acids is 1. The normalized spacial score (nSPS) is 11.8. The first-order valence-electron chi connectivity index (χ1n) is 6.63. The lowest BCUT2D eigenvalue weighted by atomic mass is 9.98. The van der Waals surface area contributed by atoms with Gasteiger partial charge in [-0.3, -0.25) is 9.59 Å². The van der Waals surface area contributed by atoms with Crippen LogP contribution >= 0.6 is 0 Å². The maximum atomic E-state index is 11.7. The predicted molar refractivity (Wildman–Crippen MR) is 75.9 cm³/mol. The van der Waals surface area contributed by atoms with E-state index < -0.39 is 5.97 Å². The number of aliphatic carboxylic acids is 1. The second-order valence-electron chi connectivity index (χ2n) is 4.78. The molecule has 0 saturated heterocycles. The Morgan fingerprint density at radius 3 is 2.60 bits per heavy atom. The summed E-state index contributed by atoms with van der Waals surface area (Å²) in [6, 6.07) is 7.60. The van der Waals surface area contributed by atoms with Crippen molar-refractivity contribution in [1.82, 2.24) is 4.90 Å². The van der Waals surface area contributed by atoms with Gasteiger partial charge >= 0.3 is 5.97 Å². The van der Waals surface area contributed by atoms with Crippen LogP contribution in [-0.2, 0) is 9.59 Å². The minimum Gasteiger partial charge on any atom is -0.483 e. The van der Waals surface area contributed by atoms with Gasteiger partial charge in [-0.25, -0.2) is 0 Å². The standard InChI is InChI=1S/C15H21NO4/c1-4-11(2)12-7-5-6-8-13(12)20-10-14(17)16(3)9-15(18)19/h5-8,11H,4,9-10H2,1-3H3,(H,18,19). The summed E-state index contributed by atoms with van der Waals surface area (Å²) in [5, 5.41) is 8.63. The van der Waals surface area contributed by atoms with Crippen molar-refractivity contribution in [2.45, 2.75) is 26.2 Å². The van der Waals surface area contributed by atoms with E-state index in [4.69, 9.17) is 9.84 Å². The van der Waals surface area contributed by atoms with E-state index in [1.807, 2.05) is 24.3 Å². The number of rotatable bonds is 7. The molecule has 0 spiro atoms. The van der Waals surface area contributed by atoms with Crippen LogP contribution in [0.15, 0.2) is 24.3 Å². The molecule has 0 aliphatic heterocycles. The number of carboxylic acid groups (broad SMARTS) is 1. The molecule has 0 heterocycles. The van der Waals surface area contributed by atoms with Crippen molar-refractivity contribution < 1.29 is 19.4 Å². The number of benzene rings is 1.